The second kappa shape index (κ2) is 5.02. The zero-order valence-corrected chi connectivity index (χ0v) is 10.6. The molecule has 0 amide bonds. The van der Waals surface area contributed by atoms with E-state index in [2.05, 4.69) is 0 Å². The van der Waals surface area contributed by atoms with Crippen molar-refractivity contribution >= 4 is 16.0 Å². The van der Waals surface area contributed by atoms with Crippen LogP contribution in [0.15, 0.2) is 0 Å². The van der Waals surface area contributed by atoms with Crippen LogP contribution in [0.3, 0.4) is 0 Å². The first-order valence-corrected chi connectivity index (χ1v) is 6.94. The van der Waals surface area contributed by atoms with E-state index in [0.717, 1.165) is 0 Å². The standard InChI is InChI=1S/C10H16N2O4S/c1-7-5-9(10(13)14)3-4-12(7)17(15,16)8(2)6-11/h7-9H,3-5H2,1-2H3,(H,13,14). The molecule has 6 nitrogen and oxygen atoms in total. The maximum Gasteiger partial charge on any atom is 0.306 e. The van der Waals surface area contributed by atoms with E-state index in [9.17, 15) is 13.2 Å². The van der Waals surface area contributed by atoms with Crippen LogP contribution in [0, 0.1) is 17.2 Å². The van der Waals surface area contributed by atoms with Crippen molar-refractivity contribution in [1.29, 1.82) is 5.26 Å². The number of nitriles is 1. The number of hydrogen-bond donors (Lipinski definition) is 1. The number of rotatable bonds is 3. The summed E-state index contributed by atoms with van der Waals surface area (Å²) in [6.45, 7) is 3.19. The number of piperidine rings is 1. The number of nitrogens with zero attached hydrogens (tertiary/aromatic N) is 2. The molecule has 0 bridgehead atoms. The van der Waals surface area contributed by atoms with Gasteiger partial charge in [-0.2, -0.15) is 9.57 Å². The van der Waals surface area contributed by atoms with E-state index < -0.39 is 27.2 Å². The van der Waals surface area contributed by atoms with Gasteiger partial charge in [-0.05, 0) is 26.7 Å². The van der Waals surface area contributed by atoms with Crippen molar-refractivity contribution in [2.24, 2.45) is 5.92 Å². The minimum absolute atomic E-state index is 0.173. The Morgan fingerprint density at radius 1 is 1.59 bits per heavy atom. The summed E-state index contributed by atoms with van der Waals surface area (Å²) in [6, 6.07) is 1.34. The van der Waals surface area contributed by atoms with E-state index in [1.165, 1.54) is 11.2 Å². The molecule has 1 heterocycles. The summed E-state index contributed by atoms with van der Waals surface area (Å²) in [6.07, 6.45) is 0.601. The minimum atomic E-state index is -3.63. The van der Waals surface area contributed by atoms with Crippen LogP contribution in [0.25, 0.3) is 0 Å². The highest BCUT2D eigenvalue weighted by Gasteiger charge is 2.38. The third kappa shape index (κ3) is 2.76. The molecule has 0 aromatic carbocycles. The Labute approximate surface area is 101 Å². The van der Waals surface area contributed by atoms with E-state index in [1.54, 1.807) is 13.0 Å². The third-order valence-electron chi connectivity index (χ3n) is 3.12. The highest BCUT2D eigenvalue weighted by molar-refractivity contribution is 7.90. The van der Waals surface area contributed by atoms with E-state index in [4.69, 9.17) is 10.4 Å². The lowest BCUT2D eigenvalue weighted by Crippen LogP contribution is -2.48. The van der Waals surface area contributed by atoms with Crippen LogP contribution in [-0.2, 0) is 14.8 Å². The van der Waals surface area contributed by atoms with Crippen molar-refractivity contribution in [3.05, 3.63) is 0 Å². The molecule has 7 heteroatoms. The van der Waals surface area contributed by atoms with Gasteiger partial charge in [0.05, 0.1) is 12.0 Å². The SMILES string of the molecule is CC1CC(C(=O)O)CCN1S(=O)(=O)C(C)C#N. The topological polar surface area (TPSA) is 98.5 Å². The largest absolute Gasteiger partial charge is 0.481 e. The summed E-state index contributed by atoms with van der Waals surface area (Å²) in [7, 11) is -3.63. The molecular weight excluding hydrogens is 244 g/mol. The molecule has 1 fully saturated rings. The summed E-state index contributed by atoms with van der Waals surface area (Å²) >= 11 is 0. The molecule has 1 aliphatic rings. The smallest absolute Gasteiger partial charge is 0.306 e. The number of carboxylic acids is 1. The van der Waals surface area contributed by atoms with Gasteiger partial charge < -0.3 is 5.11 Å². The molecule has 1 N–H and O–H groups in total. The molecule has 0 saturated carbocycles. The monoisotopic (exact) mass is 260 g/mol. The molecule has 3 atom stereocenters. The fraction of sp³-hybridized carbons (Fsp3) is 0.800. The second-order valence-electron chi connectivity index (χ2n) is 4.34. The number of sulfonamides is 1. The summed E-state index contributed by atoms with van der Waals surface area (Å²) in [4.78, 5) is 10.8. The first-order chi connectivity index (χ1) is 7.80. The van der Waals surface area contributed by atoms with E-state index in [0.29, 0.717) is 12.8 Å². The Hall–Kier alpha value is -1.13. The van der Waals surface area contributed by atoms with Crippen molar-refractivity contribution in [3.8, 4) is 6.07 Å². The molecule has 0 radical (unpaired) electrons. The predicted octanol–water partition coefficient (Wildman–Crippen LogP) is 0.413. The maximum absolute atomic E-state index is 12.0. The number of carboxylic acid groups (broad SMARTS) is 1. The lowest BCUT2D eigenvalue weighted by atomic mass is 9.93. The van der Waals surface area contributed by atoms with Gasteiger partial charge in [0.1, 0.15) is 0 Å². The fourth-order valence-corrected chi connectivity index (χ4v) is 3.51. The molecule has 1 aliphatic heterocycles. The zero-order chi connectivity index (χ0) is 13.2. The van der Waals surface area contributed by atoms with Crippen molar-refractivity contribution in [2.75, 3.05) is 6.54 Å². The van der Waals surface area contributed by atoms with Crippen molar-refractivity contribution < 1.29 is 18.3 Å². The van der Waals surface area contributed by atoms with E-state index in [-0.39, 0.29) is 12.6 Å². The Morgan fingerprint density at radius 3 is 2.59 bits per heavy atom. The van der Waals surface area contributed by atoms with Gasteiger partial charge in [-0.1, -0.05) is 0 Å². The Kier molecular flexibility index (Phi) is 4.11. The first kappa shape index (κ1) is 13.9. The normalized spacial score (nSPS) is 28.3. The molecule has 1 saturated heterocycles. The average Bonchev–Trinajstić information content (AvgIpc) is 2.27. The van der Waals surface area contributed by atoms with Crippen molar-refractivity contribution in [2.45, 2.75) is 38.0 Å². The molecule has 3 unspecified atom stereocenters. The van der Waals surface area contributed by atoms with Crippen molar-refractivity contribution in [1.82, 2.24) is 4.31 Å². The number of hydrogen-bond acceptors (Lipinski definition) is 4. The maximum atomic E-state index is 12.0. The van der Waals surface area contributed by atoms with E-state index in [1.807, 2.05) is 0 Å². The highest BCUT2D eigenvalue weighted by atomic mass is 32.2. The lowest BCUT2D eigenvalue weighted by Gasteiger charge is -2.35. The van der Waals surface area contributed by atoms with Gasteiger partial charge in [0.25, 0.3) is 0 Å². The lowest BCUT2D eigenvalue weighted by molar-refractivity contribution is -0.143. The fourth-order valence-electron chi connectivity index (χ4n) is 2.02. The van der Waals surface area contributed by atoms with Crippen LogP contribution in [0.5, 0.6) is 0 Å². The molecule has 0 spiro atoms. The van der Waals surface area contributed by atoms with Crippen LogP contribution in [0.2, 0.25) is 0 Å². The quantitative estimate of drug-likeness (QED) is 0.792. The molecule has 1 rings (SSSR count). The van der Waals surface area contributed by atoms with Crippen LogP contribution in [-0.4, -0.2) is 41.6 Å². The minimum Gasteiger partial charge on any atom is -0.481 e. The summed E-state index contributed by atoms with van der Waals surface area (Å²) < 4.78 is 25.2. The van der Waals surface area contributed by atoms with Crippen LogP contribution in [0.1, 0.15) is 26.7 Å². The van der Waals surface area contributed by atoms with Gasteiger partial charge in [0.15, 0.2) is 5.25 Å². The zero-order valence-electron chi connectivity index (χ0n) is 9.83. The summed E-state index contributed by atoms with van der Waals surface area (Å²) in [5, 5.41) is 16.5. The molecule has 0 aromatic rings. The number of aliphatic carboxylic acids is 1. The van der Waals surface area contributed by atoms with Gasteiger partial charge in [-0.25, -0.2) is 8.42 Å². The Morgan fingerprint density at radius 2 is 2.18 bits per heavy atom. The summed E-state index contributed by atoms with van der Waals surface area (Å²) in [5.74, 6) is -1.38. The van der Waals surface area contributed by atoms with Crippen LogP contribution >= 0.6 is 0 Å². The average molecular weight is 260 g/mol. The highest BCUT2D eigenvalue weighted by Crippen LogP contribution is 2.26. The molecule has 0 aromatic heterocycles. The molecule has 96 valence electrons. The van der Waals surface area contributed by atoms with Gasteiger partial charge in [-0.3, -0.25) is 4.79 Å². The molecule has 17 heavy (non-hydrogen) atoms. The number of carbonyl (C=O) groups is 1. The van der Waals surface area contributed by atoms with Crippen molar-refractivity contribution in [3.63, 3.8) is 0 Å². The van der Waals surface area contributed by atoms with E-state index >= 15 is 0 Å². The summed E-state index contributed by atoms with van der Waals surface area (Å²) in [5.41, 5.74) is 0. The predicted molar refractivity (Wildman–Crippen MR) is 60.5 cm³/mol. The van der Waals surface area contributed by atoms with Gasteiger partial charge >= 0.3 is 5.97 Å². The molecule has 0 aliphatic carbocycles. The third-order valence-corrected chi connectivity index (χ3v) is 5.32. The first-order valence-electron chi connectivity index (χ1n) is 5.43. The Balaban J connectivity index is 2.84. The molecular formula is C10H16N2O4S. The van der Waals surface area contributed by atoms with Gasteiger partial charge in [0.2, 0.25) is 10.0 Å². The van der Waals surface area contributed by atoms with Gasteiger partial charge in [-0.15, -0.1) is 0 Å². The Bertz CT molecular complexity index is 440. The van der Waals surface area contributed by atoms with Crippen LogP contribution in [0.4, 0.5) is 0 Å². The second-order valence-corrected chi connectivity index (χ2v) is 6.54. The van der Waals surface area contributed by atoms with Gasteiger partial charge in [0, 0.05) is 12.6 Å². The van der Waals surface area contributed by atoms with Crippen LogP contribution < -0.4 is 0 Å².